The van der Waals surface area contributed by atoms with E-state index in [1.807, 2.05) is 25.1 Å². The van der Waals surface area contributed by atoms with Gasteiger partial charge in [-0.2, -0.15) is 0 Å². The van der Waals surface area contributed by atoms with E-state index in [1.54, 1.807) is 12.3 Å². The molecule has 6 nitrogen and oxygen atoms in total. The average molecular weight is 329 g/mol. The highest BCUT2D eigenvalue weighted by Gasteiger charge is 2.05. The predicted molar refractivity (Wildman–Crippen MR) is 92.1 cm³/mol. The average Bonchev–Trinajstić information content (AvgIpc) is 2.58. The van der Waals surface area contributed by atoms with Gasteiger partial charge in [0, 0.05) is 18.4 Å². The number of benzene rings is 1. The van der Waals surface area contributed by atoms with E-state index in [9.17, 15) is 9.18 Å². The summed E-state index contributed by atoms with van der Waals surface area (Å²) in [6.07, 6.45) is 1.71. The van der Waals surface area contributed by atoms with Gasteiger partial charge in [0.25, 0.3) is 0 Å². The molecule has 7 heteroatoms. The van der Waals surface area contributed by atoms with E-state index in [4.69, 9.17) is 0 Å². The summed E-state index contributed by atoms with van der Waals surface area (Å²) in [5.74, 6) is -0.174. The van der Waals surface area contributed by atoms with Crippen LogP contribution in [0.2, 0.25) is 0 Å². The summed E-state index contributed by atoms with van der Waals surface area (Å²) in [6.45, 7) is 3.02. The maximum absolute atomic E-state index is 13.1. The van der Waals surface area contributed by atoms with Crippen LogP contribution in [0.15, 0.2) is 53.7 Å². The van der Waals surface area contributed by atoms with Crippen LogP contribution in [-0.4, -0.2) is 29.9 Å². The molecular formula is C17H20FN5O. The normalized spacial score (nSPS) is 11.0. The number of guanidine groups is 1. The van der Waals surface area contributed by atoms with E-state index < -0.39 is 5.82 Å². The molecule has 0 unspecified atom stereocenters. The van der Waals surface area contributed by atoms with Crippen LogP contribution in [0.1, 0.15) is 12.6 Å². The van der Waals surface area contributed by atoms with Crippen LogP contribution in [0.3, 0.4) is 0 Å². The number of nitrogens with one attached hydrogen (secondary N) is 3. The van der Waals surface area contributed by atoms with Crippen LogP contribution in [0.5, 0.6) is 0 Å². The fourth-order valence-electron chi connectivity index (χ4n) is 1.93. The molecule has 1 heterocycles. The number of pyridine rings is 1. The summed E-state index contributed by atoms with van der Waals surface area (Å²) in [6, 6.07) is 11.4. The standard InChI is InChI=1S/C17H20FN5O/c1-2-19-17(21-11-15-7-3-4-9-20-15)22-12-16(24)23-14-8-5-6-13(18)10-14/h3-10H,2,11-12H2,1H3,(H,23,24)(H2,19,21,22). The van der Waals surface area contributed by atoms with E-state index in [2.05, 4.69) is 25.9 Å². The summed E-state index contributed by atoms with van der Waals surface area (Å²) >= 11 is 0. The van der Waals surface area contributed by atoms with Crippen molar-refractivity contribution in [2.45, 2.75) is 13.5 Å². The lowest BCUT2D eigenvalue weighted by Gasteiger charge is -2.11. The third kappa shape index (κ3) is 6.04. The van der Waals surface area contributed by atoms with Crippen LogP contribution in [0.25, 0.3) is 0 Å². The summed E-state index contributed by atoms with van der Waals surface area (Å²) in [5, 5.41) is 8.60. The number of carbonyl (C=O) groups is 1. The number of aliphatic imine (C=N–C) groups is 1. The SMILES string of the molecule is CCNC(=NCc1ccccn1)NCC(=O)Nc1cccc(F)c1. The van der Waals surface area contributed by atoms with Crippen molar-refractivity contribution in [1.29, 1.82) is 0 Å². The molecule has 0 aliphatic carbocycles. The molecular weight excluding hydrogens is 309 g/mol. The highest BCUT2D eigenvalue weighted by Crippen LogP contribution is 2.08. The maximum atomic E-state index is 13.1. The van der Waals surface area contributed by atoms with E-state index in [0.717, 1.165) is 5.69 Å². The van der Waals surface area contributed by atoms with Gasteiger partial charge in [0.1, 0.15) is 5.82 Å². The van der Waals surface area contributed by atoms with Crippen LogP contribution in [0.4, 0.5) is 10.1 Å². The molecule has 126 valence electrons. The Morgan fingerprint density at radius 3 is 2.79 bits per heavy atom. The van der Waals surface area contributed by atoms with Crippen LogP contribution < -0.4 is 16.0 Å². The van der Waals surface area contributed by atoms with Gasteiger partial charge in [-0.15, -0.1) is 0 Å². The lowest BCUT2D eigenvalue weighted by Crippen LogP contribution is -2.41. The fraction of sp³-hybridized carbons (Fsp3) is 0.235. The number of carbonyl (C=O) groups excluding carboxylic acids is 1. The zero-order chi connectivity index (χ0) is 17.2. The van der Waals surface area contributed by atoms with E-state index >= 15 is 0 Å². The molecule has 1 aromatic heterocycles. The van der Waals surface area contributed by atoms with Gasteiger partial charge in [-0.3, -0.25) is 9.78 Å². The molecule has 2 rings (SSSR count). The second kappa shape index (κ2) is 9.24. The third-order valence-electron chi connectivity index (χ3n) is 2.99. The molecule has 1 amide bonds. The number of halogens is 1. The first-order chi connectivity index (χ1) is 11.7. The monoisotopic (exact) mass is 329 g/mol. The zero-order valence-electron chi connectivity index (χ0n) is 13.4. The second-order valence-electron chi connectivity index (χ2n) is 4.93. The number of hydrogen-bond donors (Lipinski definition) is 3. The van der Waals surface area contributed by atoms with Crippen molar-refractivity contribution in [3.05, 3.63) is 60.2 Å². The Hall–Kier alpha value is -2.96. The van der Waals surface area contributed by atoms with Gasteiger partial charge in [0.15, 0.2) is 5.96 Å². The first-order valence-corrected chi connectivity index (χ1v) is 7.65. The number of amides is 1. The third-order valence-corrected chi connectivity index (χ3v) is 2.99. The molecule has 0 radical (unpaired) electrons. The predicted octanol–water partition coefficient (Wildman–Crippen LogP) is 1.91. The summed E-state index contributed by atoms with van der Waals surface area (Å²) in [7, 11) is 0. The van der Waals surface area contributed by atoms with Gasteiger partial charge in [0.2, 0.25) is 5.91 Å². The quantitative estimate of drug-likeness (QED) is 0.559. The van der Waals surface area contributed by atoms with Crippen LogP contribution in [0, 0.1) is 5.82 Å². The minimum Gasteiger partial charge on any atom is -0.357 e. The van der Waals surface area contributed by atoms with Gasteiger partial charge < -0.3 is 16.0 Å². The van der Waals surface area contributed by atoms with Gasteiger partial charge in [-0.1, -0.05) is 12.1 Å². The van der Waals surface area contributed by atoms with Crippen molar-refractivity contribution in [1.82, 2.24) is 15.6 Å². The Morgan fingerprint density at radius 1 is 1.21 bits per heavy atom. The molecule has 0 atom stereocenters. The topological polar surface area (TPSA) is 78.4 Å². The maximum Gasteiger partial charge on any atom is 0.243 e. The van der Waals surface area contributed by atoms with Crippen molar-refractivity contribution >= 4 is 17.6 Å². The molecule has 3 N–H and O–H groups in total. The van der Waals surface area contributed by atoms with Crippen molar-refractivity contribution < 1.29 is 9.18 Å². The Labute approximate surface area is 140 Å². The van der Waals surface area contributed by atoms with Gasteiger partial charge in [-0.05, 0) is 37.3 Å². The number of anilines is 1. The number of aromatic nitrogens is 1. The molecule has 24 heavy (non-hydrogen) atoms. The van der Waals surface area contributed by atoms with Crippen LogP contribution >= 0.6 is 0 Å². The Morgan fingerprint density at radius 2 is 2.08 bits per heavy atom. The van der Waals surface area contributed by atoms with Crippen molar-refractivity contribution in [3.63, 3.8) is 0 Å². The minimum absolute atomic E-state index is 0.0184. The second-order valence-corrected chi connectivity index (χ2v) is 4.93. The molecule has 0 fully saturated rings. The van der Waals surface area contributed by atoms with Gasteiger partial charge in [0.05, 0.1) is 18.8 Å². The molecule has 0 saturated heterocycles. The highest BCUT2D eigenvalue weighted by molar-refractivity contribution is 5.94. The van der Waals surface area contributed by atoms with Gasteiger partial charge >= 0.3 is 0 Å². The van der Waals surface area contributed by atoms with E-state index in [1.165, 1.54) is 18.2 Å². The van der Waals surface area contributed by atoms with Crippen molar-refractivity contribution in [3.8, 4) is 0 Å². The number of nitrogens with zero attached hydrogens (tertiary/aromatic N) is 2. The summed E-state index contributed by atoms with van der Waals surface area (Å²) in [5.41, 5.74) is 1.25. The summed E-state index contributed by atoms with van der Waals surface area (Å²) in [4.78, 5) is 20.5. The number of rotatable bonds is 6. The zero-order valence-corrected chi connectivity index (χ0v) is 13.4. The van der Waals surface area contributed by atoms with E-state index in [0.29, 0.717) is 24.7 Å². The lowest BCUT2D eigenvalue weighted by atomic mass is 10.3. The Kier molecular flexibility index (Phi) is 6.70. The highest BCUT2D eigenvalue weighted by atomic mass is 19.1. The molecule has 2 aromatic rings. The van der Waals surface area contributed by atoms with Crippen molar-refractivity contribution in [2.24, 2.45) is 4.99 Å². The van der Waals surface area contributed by atoms with E-state index in [-0.39, 0.29) is 12.5 Å². The largest absolute Gasteiger partial charge is 0.357 e. The van der Waals surface area contributed by atoms with Gasteiger partial charge in [-0.25, -0.2) is 9.38 Å². The molecule has 1 aromatic carbocycles. The Bertz CT molecular complexity index is 690. The first-order valence-electron chi connectivity index (χ1n) is 7.65. The molecule has 0 aliphatic rings. The fourth-order valence-corrected chi connectivity index (χ4v) is 1.93. The van der Waals surface area contributed by atoms with Crippen molar-refractivity contribution in [2.75, 3.05) is 18.4 Å². The molecule has 0 saturated carbocycles. The number of hydrogen-bond acceptors (Lipinski definition) is 3. The smallest absolute Gasteiger partial charge is 0.243 e. The summed E-state index contributed by atoms with van der Waals surface area (Å²) < 4.78 is 13.1. The van der Waals surface area contributed by atoms with Crippen LogP contribution in [-0.2, 0) is 11.3 Å². The molecule has 0 spiro atoms. The molecule has 0 aliphatic heterocycles. The minimum atomic E-state index is -0.397. The first kappa shape index (κ1) is 17.4. The lowest BCUT2D eigenvalue weighted by molar-refractivity contribution is -0.115. The molecule has 0 bridgehead atoms. The Balaban J connectivity index is 1.87.